The maximum Gasteiger partial charge on any atom is 0.240 e. The summed E-state index contributed by atoms with van der Waals surface area (Å²) >= 11 is 0. The Morgan fingerprint density at radius 3 is 2.62 bits per heavy atom. The fraction of sp³-hybridized carbons (Fsp3) is 0.176. The molecule has 0 saturated heterocycles. The molecule has 3 aromatic rings. The number of sulfonamides is 1. The summed E-state index contributed by atoms with van der Waals surface area (Å²) in [5.74, 6) is 0.769. The summed E-state index contributed by atoms with van der Waals surface area (Å²) in [7, 11) is -1.92. The lowest BCUT2D eigenvalue weighted by atomic mass is 10.1. The number of aromatic nitrogens is 1. The molecule has 0 aliphatic carbocycles. The van der Waals surface area contributed by atoms with Gasteiger partial charge in [0, 0.05) is 29.3 Å². The van der Waals surface area contributed by atoms with Crippen LogP contribution in [0.5, 0.6) is 5.75 Å². The Bertz CT molecular complexity index is 947. The molecule has 126 valence electrons. The summed E-state index contributed by atoms with van der Waals surface area (Å²) in [5, 5.41) is 1.03. The van der Waals surface area contributed by atoms with E-state index in [1.165, 1.54) is 12.1 Å². The molecule has 0 saturated carbocycles. The molecule has 0 amide bonds. The van der Waals surface area contributed by atoms with Gasteiger partial charge in [0.1, 0.15) is 5.75 Å². The number of rotatable bonds is 6. The fourth-order valence-electron chi connectivity index (χ4n) is 2.54. The lowest BCUT2D eigenvalue weighted by molar-refractivity contribution is 0.415. The maximum atomic E-state index is 12.3. The average Bonchev–Trinajstić information content (AvgIpc) is 2.97. The molecule has 6 nitrogen and oxygen atoms in total. The molecule has 0 fully saturated rings. The number of anilines is 1. The highest BCUT2D eigenvalue weighted by Gasteiger charge is 2.13. The van der Waals surface area contributed by atoms with Gasteiger partial charge in [-0.1, -0.05) is 0 Å². The average molecular weight is 345 g/mol. The highest BCUT2D eigenvalue weighted by Crippen LogP contribution is 2.23. The van der Waals surface area contributed by atoms with E-state index in [-0.39, 0.29) is 4.90 Å². The largest absolute Gasteiger partial charge is 0.497 e. The van der Waals surface area contributed by atoms with Gasteiger partial charge in [-0.15, -0.1) is 0 Å². The van der Waals surface area contributed by atoms with Crippen LogP contribution in [0.3, 0.4) is 0 Å². The van der Waals surface area contributed by atoms with E-state index in [2.05, 4.69) is 9.71 Å². The Hall–Kier alpha value is -2.51. The Kier molecular flexibility index (Phi) is 4.46. The van der Waals surface area contributed by atoms with Crippen molar-refractivity contribution in [3.8, 4) is 5.75 Å². The van der Waals surface area contributed by atoms with Crippen LogP contribution in [0.1, 0.15) is 5.56 Å². The molecular weight excluding hydrogens is 326 g/mol. The molecular formula is C17H19N3O3S. The van der Waals surface area contributed by atoms with Gasteiger partial charge in [-0.25, -0.2) is 13.1 Å². The minimum absolute atomic E-state index is 0.206. The van der Waals surface area contributed by atoms with Crippen molar-refractivity contribution in [2.45, 2.75) is 11.3 Å². The number of methoxy groups -OCH3 is 1. The molecule has 7 heteroatoms. The first-order valence-corrected chi connectivity index (χ1v) is 8.97. The standard InChI is InChI=1S/C17H19N3O3S/c1-23-14-4-7-17-16(10-14)12(11-19-17)8-9-20-24(21,22)15-5-2-13(18)3-6-15/h2-7,10-11,19-20H,8-9,18H2,1H3. The highest BCUT2D eigenvalue weighted by atomic mass is 32.2. The number of benzene rings is 2. The minimum Gasteiger partial charge on any atom is -0.497 e. The van der Waals surface area contributed by atoms with Gasteiger partial charge < -0.3 is 15.5 Å². The molecule has 0 unspecified atom stereocenters. The van der Waals surface area contributed by atoms with Crippen molar-refractivity contribution in [1.82, 2.24) is 9.71 Å². The second-order valence-electron chi connectivity index (χ2n) is 5.44. The van der Waals surface area contributed by atoms with Crippen LogP contribution < -0.4 is 15.2 Å². The summed E-state index contributed by atoms with van der Waals surface area (Å²) in [4.78, 5) is 3.38. The van der Waals surface area contributed by atoms with E-state index in [0.29, 0.717) is 18.7 Å². The molecule has 4 N–H and O–H groups in total. The van der Waals surface area contributed by atoms with E-state index in [1.54, 1.807) is 19.2 Å². The fourth-order valence-corrected chi connectivity index (χ4v) is 3.57. The number of fused-ring (bicyclic) bond motifs is 1. The van der Waals surface area contributed by atoms with Crippen LogP contribution in [-0.4, -0.2) is 27.1 Å². The van der Waals surface area contributed by atoms with Crippen molar-refractivity contribution in [3.05, 3.63) is 54.2 Å². The van der Waals surface area contributed by atoms with Crippen molar-refractivity contribution in [3.63, 3.8) is 0 Å². The molecule has 0 radical (unpaired) electrons. The topological polar surface area (TPSA) is 97.2 Å². The molecule has 24 heavy (non-hydrogen) atoms. The summed E-state index contributed by atoms with van der Waals surface area (Å²) in [6.45, 7) is 0.302. The normalized spacial score (nSPS) is 11.7. The van der Waals surface area contributed by atoms with E-state index in [0.717, 1.165) is 22.2 Å². The first-order chi connectivity index (χ1) is 11.5. The van der Waals surface area contributed by atoms with Crippen molar-refractivity contribution >= 4 is 26.6 Å². The van der Waals surface area contributed by atoms with E-state index in [1.807, 2.05) is 24.4 Å². The third-order valence-electron chi connectivity index (χ3n) is 3.85. The van der Waals surface area contributed by atoms with Crippen LogP contribution in [0.25, 0.3) is 10.9 Å². The molecule has 3 rings (SSSR count). The third-order valence-corrected chi connectivity index (χ3v) is 5.33. The predicted octanol–water partition coefficient (Wildman–Crippen LogP) is 2.28. The summed E-state index contributed by atoms with van der Waals surface area (Å²) < 4.78 is 32.4. The second-order valence-corrected chi connectivity index (χ2v) is 7.21. The number of ether oxygens (including phenoxy) is 1. The minimum atomic E-state index is -3.54. The quantitative estimate of drug-likeness (QED) is 0.597. The van der Waals surface area contributed by atoms with Crippen molar-refractivity contribution in [2.24, 2.45) is 0 Å². The van der Waals surface area contributed by atoms with Crippen LogP contribution in [0.4, 0.5) is 5.69 Å². The van der Waals surface area contributed by atoms with Crippen molar-refractivity contribution < 1.29 is 13.2 Å². The zero-order valence-electron chi connectivity index (χ0n) is 13.2. The lowest BCUT2D eigenvalue weighted by Crippen LogP contribution is -2.25. The smallest absolute Gasteiger partial charge is 0.240 e. The lowest BCUT2D eigenvalue weighted by Gasteiger charge is -2.07. The van der Waals surface area contributed by atoms with Crippen LogP contribution >= 0.6 is 0 Å². The molecule has 0 spiro atoms. The van der Waals surface area contributed by atoms with E-state index in [4.69, 9.17) is 10.5 Å². The summed E-state index contributed by atoms with van der Waals surface area (Å²) in [5.41, 5.74) is 8.14. The van der Waals surface area contributed by atoms with Gasteiger partial charge in [-0.2, -0.15) is 0 Å². The van der Waals surface area contributed by atoms with Crippen molar-refractivity contribution in [2.75, 3.05) is 19.4 Å². The monoisotopic (exact) mass is 345 g/mol. The Balaban J connectivity index is 1.71. The molecule has 0 atom stereocenters. The first kappa shape index (κ1) is 16.4. The van der Waals surface area contributed by atoms with Gasteiger partial charge >= 0.3 is 0 Å². The van der Waals surface area contributed by atoms with Gasteiger partial charge in [0.25, 0.3) is 0 Å². The Morgan fingerprint density at radius 1 is 1.17 bits per heavy atom. The third kappa shape index (κ3) is 3.37. The van der Waals surface area contributed by atoms with Gasteiger partial charge in [0.2, 0.25) is 10.0 Å². The molecule has 0 bridgehead atoms. The summed E-state index contributed by atoms with van der Waals surface area (Å²) in [6.07, 6.45) is 2.46. The zero-order chi connectivity index (χ0) is 17.2. The Labute approximate surface area is 140 Å². The number of H-pyrrole nitrogens is 1. The molecule has 0 aliphatic rings. The number of nitrogen functional groups attached to an aromatic ring is 1. The number of nitrogens with two attached hydrogens (primary N) is 1. The number of aromatic amines is 1. The first-order valence-electron chi connectivity index (χ1n) is 7.49. The molecule has 1 aromatic heterocycles. The van der Waals surface area contributed by atoms with Crippen molar-refractivity contribution in [1.29, 1.82) is 0 Å². The number of nitrogens with one attached hydrogen (secondary N) is 2. The highest BCUT2D eigenvalue weighted by molar-refractivity contribution is 7.89. The van der Waals surface area contributed by atoms with Gasteiger partial charge in [-0.05, 0) is 54.4 Å². The van der Waals surface area contributed by atoms with Crippen LogP contribution in [0, 0.1) is 0 Å². The maximum absolute atomic E-state index is 12.3. The van der Waals surface area contributed by atoms with Gasteiger partial charge in [0.05, 0.1) is 12.0 Å². The SMILES string of the molecule is COc1ccc2[nH]cc(CCNS(=O)(=O)c3ccc(N)cc3)c2c1. The number of hydrogen-bond acceptors (Lipinski definition) is 4. The van der Waals surface area contributed by atoms with Crippen LogP contribution in [0.2, 0.25) is 0 Å². The molecule has 0 aliphatic heterocycles. The zero-order valence-corrected chi connectivity index (χ0v) is 14.1. The summed E-state index contributed by atoms with van der Waals surface area (Å²) in [6, 6.07) is 11.9. The number of hydrogen-bond donors (Lipinski definition) is 3. The van der Waals surface area contributed by atoms with E-state index < -0.39 is 10.0 Å². The second kappa shape index (κ2) is 6.54. The van der Waals surface area contributed by atoms with Crippen LogP contribution in [0.15, 0.2) is 53.6 Å². The van der Waals surface area contributed by atoms with Crippen LogP contribution in [-0.2, 0) is 16.4 Å². The molecule has 1 heterocycles. The predicted molar refractivity (Wildman–Crippen MR) is 94.6 cm³/mol. The van der Waals surface area contributed by atoms with Gasteiger partial charge in [-0.3, -0.25) is 0 Å². The molecule has 2 aromatic carbocycles. The van der Waals surface area contributed by atoms with E-state index in [9.17, 15) is 8.42 Å². The Morgan fingerprint density at radius 2 is 1.92 bits per heavy atom. The van der Waals surface area contributed by atoms with E-state index >= 15 is 0 Å². The van der Waals surface area contributed by atoms with Gasteiger partial charge in [0.15, 0.2) is 0 Å².